The summed E-state index contributed by atoms with van der Waals surface area (Å²) in [5.41, 5.74) is 5.27. The summed E-state index contributed by atoms with van der Waals surface area (Å²) >= 11 is 0. The summed E-state index contributed by atoms with van der Waals surface area (Å²) in [6.07, 6.45) is 5.63. The van der Waals surface area contributed by atoms with E-state index >= 15 is 0 Å². The van der Waals surface area contributed by atoms with Crippen LogP contribution >= 0.6 is 0 Å². The fourth-order valence-corrected chi connectivity index (χ4v) is 1.87. The topological polar surface area (TPSA) is 43.1 Å². The van der Waals surface area contributed by atoms with Gasteiger partial charge in [-0.05, 0) is 25.2 Å². The van der Waals surface area contributed by atoms with Crippen molar-refractivity contribution >= 4 is 5.91 Å². The van der Waals surface area contributed by atoms with E-state index in [1.165, 1.54) is 18.8 Å². The van der Waals surface area contributed by atoms with Crippen molar-refractivity contribution in [2.24, 2.45) is 11.7 Å². The van der Waals surface area contributed by atoms with Gasteiger partial charge in [0.25, 0.3) is 0 Å². The van der Waals surface area contributed by atoms with Gasteiger partial charge in [0, 0.05) is 5.92 Å². The van der Waals surface area contributed by atoms with Crippen LogP contribution in [0, 0.1) is 11.8 Å². The lowest BCUT2D eigenvalue weighted by Crippen LogP contribution is -2.27. The van der Waals surface area contributed by atoms with E-state index in [-0.39, 0.29) is 11.8 Å². The molecule has 0 aromatic heterocycles. The minimum Gasteiger partial charge on any atom is -0.369 e. The third-order valence-electron chi connectivity index (χ3n) is 2.49. The van der Waals surface area contributed by atoms with E-state index in [4.69, 9.17) is 5.73 Å². The summed E-state index contributed by atoms with van der Waals surface area (Å²) in [7, 11) is 0. The fourth-order valence-electron chi connectivity index (χ4n) is 1.87. The van der Waals surface area contributed by atoms with Crippen molar-refractivity contribution in [3.63, 3.8) is 0 Å². The standard InChI is InChI=1S/C9H16NO/c1-2-8(9(10)11)7-5-3-4-6-7/h8H,2-6H2,1H3,(H2,10,11). The lowest BCUT2D eigenvalue weighted by Gasteiger charge is -2.16. The quantitative estimate of drug-likeness (QED) is 0.660. The van der Waals surface area contributed by atoms with Crippen molar-refractivity contribution < 1.29 is 4.79 Å². The second-order valence-corrected chi connectivity index (χ2v) is 3.23. The maximum atomic E-state index is 10.9. The molecule has 11 heavy (non-hydrogen) atoms. The van der Waals surface area contributed by atoms with Gasteiger partial charge in [0.15, 0.2) is 0 Å². The first-order valence-electron chi connectivity index (χ1n) is 4.39. The molecular weight excluding hydrogens is 138 g/mol. The van der Waals surface area contributed by atoms with E-state index < -0.39 is 0 Å². The summed E-state index contributed by atoms with van der Waals surface area (Å²) in [4.78, 5) is 10.9. The molecule has 1 rings (SSSR count). The molecule has 0 aromatic rings. The van der Waals surface area contributed by atoms with Crippen LogP contribution in [0.25, 0.3) is 0 Å². The number of carbonyl (C=O) groups excluding carboxylic acids is 1. The minimum atomic E-state index is -0.135. The van der Waals surface area contributed by atoms with Gasteiger partial charge in [-0.2, -0.15) is 0 Å². The molecular formula is C9H16NO. The van der Waals surface area contributed by atoms with Gasteiger partial charge in [0.1, 0.15) is 0 Å². The van der Waals surface area contributed by atoms with Crippen molar-refractivity contribution in [3.05, 3.63) is 5.92 Å². The molecule has 0 heterocycles. The average molecular weight is 154 g/mol. The summed E-state index contributed by atoms with van der Waals surface area (Å²) < 4.78 is 0. The van der Waals surface area contributed by atoms with Gasteiger partial charge in [-0.15, -0.1) is 0 Å². The fraction of sp³-hybridized carbons (Fsp3) is 0.778. The molecule has 0 aromatic carbocycles. The van der Waals surface area contributed by atoms with Gasteiger partial charge >= 0.3 is 0 Å². The Bertz CT molecular complexity index is 138. The highest BCUT2D eigenvalue weighted by Crippen LogP contribution is 2.34. The molecule has 1 aliphatic rings. The van der Waals surface area contributed by atoms with Crippen LogP contribution in [0.3, 0.4) is 0 Å². The zero-order valence-electron chi connectivity index (χ0n) is 7.10. The lowest BCUT2D eigenvalue weighted by atomic mass is 9.88. The van der Waals surface area contributed by atoms with Gasteiger partial charge in [0.2, 0.25) is 5.91 Å². The Morgan fingerprint density at radius 2 is 2.09 bits per heavy atom. The molecule has 0 bridgehead atoms. The molecule has 1 unspecified atom stereocenters. The summed E-state index contributed by atoms with van der Waals surface area (Å²) in [5, 5.41) is 0. The Kier molecular flexibility index (Phi) is 2.92. The Hall–Kier alpha value is -0.530. The molecule has 2 heteroatoms. The lowest BCUT2D eigenvalue weighted by molar-refractivity contribution is -0.121. The van der Waals surface area contributed by atoms with Crippen molar-refractivity contribution in [1.29, 1.82) is 0 Å². The van der Waals surface area contributed by atoms with Crippen LogP contribution in [-0.4, -0.2) is 5.91 Å². The zero-order valence-corrected chi connectivity index (χ0v) is 7.10. The van der Waals surface area contributed by atoms with E-state index in [9.17, 15) is 4.79 Å². The Labute approximate surface area is 68.2 Å². The number of rotatable bonds is 3. The number of hydrogen-bond donors (Lipinski definition) is 1. The SMILES string of the molecule is CCC([C]1CCCC1)C(N)=O. The van der Waals surface area contributed by atoms with Crippen LogP contribution in [0.4, 0.5) is 0 Å². The average Bonchev–Trinajstić information content (AvgIpc) is 2.40. The van der Waals surface area contributed by atoms with E-state index in [1.807, 2.05) is 6.92 Å². The van der Waals surface area contributed by atoms with E-state index in [0.29, 0.717) is 0 Å². The van der Waals surface area contributed by atoms with Gasteiger partial charge in [-0.25, -0.2) is 0 Å². The Balaban J connectivity index is 2.46. The molecule has 0 aliphatic heterocycles. The van der Waals surface area contributed by atoms with Gasteiger partial charge in [-0.3, -0.25) is 4.79 Å². The van der Waals surface area contributed by atoms with E-state index in [2.05, 4.69) is 0 Å². The highest BCUT2D eigenvalue weighted by molar-refractivity contribution is 5.78. The molecule has 1 aliphatic carbocycles. The van der Waals surface area contributed by atoms with Crippen LogP contribution in [0.5, 0.6) is 0 Å². The first-order valence-corrected chi connectivity index (χ1v) is 4.39. The van der Waals surface area contributed by atoms with Crippen LogP contribution in [0.2, 0.25) is 0 Å². The first-order chi connectivity index (χ1) is 5.25. The van der Waals surface area contributed by atoms with Crippen LogP contribution < -0.4 is 5.73 Å². The zero-order chi connectivity index (χ0) is 8.27. The van der Waals surface area contributed by atoms with Gasteiger partial charge in [-0.1, -0.05) is 19.8 Å². The largest absolute Gasteiger partial charge is 0.369 e. The number of hydrogen-bond acceptors (Lipinski definition) is 1. The molecule has 1 saturated carbocycles. The molecule has 2 nitrogen and oxygen atoms in total. The monoisotopic (exact) mass is 154 g/mol. The highest BCUT2D eigenvalue weighted by Gasteiger charge is 2.27. The second kappa shape index (κ2) is 3.74. The van der Waals surface area contributed by atoms with Crippen molar-refractivity contribution in [2.45, 2.75) is 39.0 Å². The number of carbonyl (C=O) groups is 1. The third kappa shape index (κ3) is 1.95. The maximum Gasteiger partial charge on any atom is 0.221 e. The Morgan fingerprint density at radius 1 is 1.55 bits per heavy atom. The van der Waals surface area contributed by atoms with E-state index in [0.717, 1.165) is 19.3 Å². The highest BCUT2D eigenvalue weighted by atomic mass is 16.1. The van der Waals surface area contributed by atoms with Gasteiger partial charge < -0.3 is 5.73 Å². The molecule has 2 N–H and O–H groups in total. The molecule has 0 saturated heterocycles. The second-order valence-electron chi connectivity index (χ2n) is 3.23. The summed E-state index contributed by atoms with van der Waals surface area (Å²) in [6.45, 7) is 2.03. The minimum absolute atomic E-state index is 0.0671. The molecule has 1 amide bonds. The molecule has 1 atom stereocenters. The van der Waals surface area contributed by atoms with Gasteiger partial charge in [0.05, 0.1) is 0 Å². The van der Waals surface area contributed by atoms with Crippen LogP contribution in [-0.2, 0) is 4.79 Å². The molecule has 0 spiro atoms. The van der Waals surface area contributed by atoms with E-state index in [1.54, 1.807) is 0 Å². The predicted molar refractivity (Wildman–Crippen MR) is 44.7 cm³/mol. The Morgan fingerprint density at radius 3 is 2.45 bits per heavy atom. The predicted octanol–water partition coefficient (Wildman–Crippen LogP) is 1.65. The van der Waals surface area contributed by atoms with Crippen molar-refractivity contribution in [3.8, 4) is 0 Å². The van der Waals surface area contributed by atoms with Crippen molar-refractivity contribution in [2.75, 3.05) is 0 Å². The number of amides is 1. The maximum absolute atomic E-state index is 10.9. The molecule has 63 valence electrons. The molecule has 1 radical (unpaired) electrons. The van der Waals surface area contributed by atoms with Crippen LogP contribution in [0.1, 0.15) is 39.0 Å². The third-order valence-corrected chi connectivity index (χ3v) is 2.49. The smallest absolute Gasteiger partial charge is 0.221 e. The summed E-state index contributed by atoms with van der Waals surface area (Å²) in [5.74, 6) is 1.32. The normalized spacial score (nSPS) is 21.9. The first kappa shape index (κ1) is 8.57. The number of nitrogens with two attached hydrogens (primary N) is 1. The number of primary amides is 1. The summed E-state index contributed by atoms with van der Waals surface area (Å²) in [6, 6.07) is 0. The van der Waals surface area contributed by atoms with Crippen LogP contribution in [0.15, 0.2) is 0 Å². The van der Waals surface area contributed by atoms with Crippen molar-refractivity contribution in [1.82, 2.24) is 0 Å². The molecule has 1 fully saturated rings.